The standard InChI is InChI=1S/C30H31N3O3/c1-20(21-10-4-3-5-11-21)32-28(34)30(2,18-24-19-31-27-15-9-8-14-26(24)27)33(29(35)36)25-16-22-12-6-7-13-23(22)17-25/h3-15,19-20,25,31H,16-18H2,1-2H3,(H,32,34)(H,35,36). The molecular weight excluding hydrogens is 450 g/mol. The maximum atomic E-state index is 14.1. The molecule has 36 heavy (non-hydrogen) atoms. The Morgan fingerprint density at radius 2 is 1.61 bits per heavy atom. The third kappa shape index (κ3) is 4.35. The van der Waals surface area contributed by atoms with E-state index in [4.69, 9.17) is 0 Å². The normalized spacial score (nSPS) is 15.7. The summed E-state index contributed by atoms with van der Waals surface area (Å²) in [5.41, 5.74) is 3.80. The van der Waals surface area contributed by atoms with E-state index in [0.717, 1.165) is 33.2 Å². The van der Waals surface area contributed by atoms with Crippen molar-refractivity contribution < 1.29 is 14.7 Å². The van der Waals surface area contributed by atoms with Crippen LogP contribution in [0.4, 0.5) is 4.79 Å². The van der Waals surface area contributed by atoms with E-state index in [-0.39, 0.29) is 24.4 Å². The lowest BCUT2D eigenvalue weighted by Gasteiger charge is -2.42. The summed E-state index contributed by atoms with van der Waals surface area (Å²) in [4.78, 5) is 31.6. The van der Waals surface area contributed by atoms with Crippen LogP contribution in [-0.4, -0.2) is 38.6 Å². The zero-order chi connectivity index (χ0) is 25.3. The highest BCUT2D eigenvalue weighted by Crippen LogP contribution is 2.34. The van der Waals surface area contributed by atoms with Gasteiger partial charge in [-0.25, -0.2) is 4.79 Å². The number of fused-ring (bicyclic) bond motifs is 2. The number of carbonyl (C=O) groups excluding carboxylic acids is 1. The first-order valence-electron chi connectivity index (χ1n) is 12.4. The molecule has 0 spiro atoms. The number of benzene rings is 3. The van der Waals surface area contributed by atoms with Crippen LogP contribution in [0.5, 0.6) is 0 Å². The van der Waals surface area contributed by atoms with E-state index >= 15 is 0 Å². The highest BCUT2D eigenvalue weighted by molar-refractivity contribution is 5.92. The lowest BCUT2D eigenvalue weighted by atomic mass is 9.87. The van der Waals surface area contributed by atoms with Gasteiger partial charge < -0.3 is 15.4 Å². The highest BCUT2D eigenvalue weighted by atomic mass is 16.4. The number of aromatic nitrogens is 1. The number of carbonyl (C=O) groups is 2. The smallest absolute Gasteiger partial charge is 0.408 e. The van der Waals surface area contributed by atoms with Crippen molar-refractivity contribution in [3.8, 4) is 0 Å². The van der Waals surface area contributed by atoms with Crippen LogP contribution >= 0.6 is 0 Å². The first-order chi connectivity index (χ1) is 17.4. The number of para-hydroxylation sites is 1. The molecule has 0 saturated heterocycles. The van der Waals surface area contributed by atoms with Crippen LogP contribution in [0.1, 0.15) is 42.1 Å². The third-order valence-electron chi connectivity index (χ3n) is 7.48. The van der Waals surface area contributed by atoms with Crippen molar-refractivity contribution in [2.75, 3.05) is 0 Å². The maximum Gasteiger partial charge on any atom is 0.408 e. The second-order valence-electron chi connectivity index (χ2n) is 9.90. The van der Waals surface area contributed by atoms with Gasteiger partial charge in [0.1, 0.15) is 5.54 Å². The van der Waals surface area contributed by atoms with Crippen molar-refractivity contribution in [3.63, 3.8) is 0 Å². The summed E-state index contributed by atoms with van der Waals surface area (Å²) in [6, 6.07) is 25.1. The van der Waals surface area contributed by atoms with E-state index in [0.29, 0.717) is 12.8 Å². The Labute approximate surface area is 211 Å². The summed E-state index contributed by atoms with van der Waals surface area (Å²) in [6.45, 7) is 3.69. The largest absolute Gasteiger partial charge is 0.465 e. The van der Waals surface area contributed by atoms with Gasteiger partial charge in [0.15, 0.2) is 0 Å². The molecule has 0 aliphatic heterocycles. The molecule has 5 rings (SSSR count). The van der Waals surface area contributed by atoms with E-state index in [9.17, 15) is 14.7 Å². The van der Waals surface area contributed by atoms with Crippen molar-refractivity contribution in [2.24, 2.45) is 0 Å². The molecule has 0 fully saturated rings. The number of aromatic amines is 1. The molecule has 2 atom stereocenters. The minimum atomic E-state index is -1.33. The maximum absolute atomic E-state index is 14.1. The van der Waals surface area contributed by atoms with Crippen molar-refractivity contribution in [3.05, 3.63) is 107 Å². The van der Waals surface area contributed by atoms with Crippen molar-refractivity contribution in [1.29, 1.82) is 0 Å². The molecule has 0 bridgehead atoms. The predicted molar refractivity (Wildman–Crippen MR) is 141 cm³/mol. The number of hydrogen-bond donors (Lipinski definition) is 3. The quantitative estimate of drug-likeness (QED) is 0.326. The van der Waals surface area contributed by atoms with Crippen LogP contribution in [0.3, 0.4) is 0 Å². The predicted octanol–water partition coefficient (Wildman–Crippen LogP) is 5.49. The van der Waals surface area contributed by atoms with Gasteiger partial charge in [-0.3, -0.25) is 9.69 Å². The summed E-state index contributed by atoms with van der Waals surface area (Å²) in [5, 5.41) is 14.6. The van der Waals surface area contributed by atoms with Gasteiger partial charge in [-0.15, -0.1) is 0 Å². The molecule has 184 valence electrons. The molecule has 3 N–H and O–H groups in total. The van der Waals surface area contributed by atoms with Gasteiger partial charge in [0, 0.05) is 29.6 Å². The molecule has 6 heteroatoms. The Hall–Kier alpha value is -4.06. The van der Waals surface area contributed by atoms with Crippen molar-refractivity contribution in [1.82, 2.24) is 15.2 Å². The van der Waals surface area contributed by atoms with E-state index in [1.54, 1.807) is 6.92 Å². The van der Waals surface area contributed by atoms with Crippen LogP contribution < -0.4 is 5.32 Å². The second-order valence-corrected chi connectivity index (χ2v) is 9.90. The number of rotatable bonds is 7. The Morgan fingerprint density at radius 3 is 2.28 bits per heavy atom. The molecule has 1 aliphatic rings. The van der Waals surface area contributed by atoms with Gasteiger partial charge in [-0.1, -0.05) is 72.8 Å². The molecule has 1 heterocycles. The number of nitrogens with one attached hydrogen (secondary N) is 2. The van der Waals surface area contributed by atoms with Crippen LogP contribution in [0.25, 0.3) is 10.9 Å². The van der Waals surface area contributed by atoms with Gasteiger partial charge in [0.05, 0.1) is 6.04 Å². The summed E-state index contributed by atoms with van der Waals surface area (Å²) >= 11 is 0. The Balaban J connectivity index is 1.53. The average molecular weight is 482 g/mol. The lowest BCUT2D eigenvalue weighted by Crippen LogP contribution is -2.63. The molecule has 2 amide bonds. The van der Waals surface area contributed by atoms with Gasteiger partial charge in [-0.2, -0.15) is 0 Å². The summed E-state index contributed by atoms with van der Waals surface area (Å²) in [5.74, 6) is -0.303. The first-order valence-corrected chi connectivity index (χ1v) is 12.4. The molecule has 6 nitrogen and oxygen atoms in total. The van der Waals surface area contributed by atoms with E-state index < -0.39 is 11.6 Å². The number of nitrogens with zero attached hydrogens (tertiary/aromatic N) is 1. The highest BCUT2D eigenvalue weighted by Gasteiger charge is 2.48. The summed E-state index contributed by atoms with van der Waals surface area (Å²) in [7, 11) is 0. The fourth-order valence-corrected chi connectivity index (χ4v) is 5.59. The summed E-state index contributed by atoms with van der Waals surface area (Å²) < 4.78 is 0. The van der Waals surface area contributed by atoms with E-state index in [2.05, 4.69) is 10.3 Å². The van der Waals surface area contributed by atoms with Crippen molar-refractivity contribution in [2.45, 2.75) is 50.7 Å². The van der Waals surface area contributed by atoms with Crippen LogP contribution in [0.15, 0.2) is 85.1 Å². The minimum absolute atomic E-state index is 0.253. The molecule has 0 radical (unpaired) electrons. The molecule has 1 aromatic heterocycles. The first kappa shape index (κ1) is 23.7. The van der Waals surface area contributed by atoms with E-state index in [1.165, 1.54) is 4.90 Å². The molecule has 3 aromatic carbocycles. The zero-order valence-electron chi connectivity index (χ0n) is 20.6. The number of hydrogen-bond acceptors (Lipinski definition) is 2. The van der Waals surface area contributed by atoms with Gasteiger partial charge in [0.25, 0.3) is 0 Å². The van der Waals surface area contributed by atoms with Crippen molar-refractivity contribution >= 4 is 22.9 Å². The fourth-order valence-electron chi connectivity index (χ4n) is 5.59. The molecule has 2 unspecified atom stereocenters. The number of carboxylic acid groups (broad SMARTS) is 1. The van der Waals surface area contributed by atoms with Gasteiger partial charge in [-0.05, 0) is 55.0 Å². The zero-order valence-corrected chi connectivity index (χ0v) is 20.6. The average Bonchev–Trinajstić information content (AvgIpc) is 3.48. The van der Waals surface area contributed by atoms with E-state index in [1.807, 2.05) is 92.0 Å². The van der Waals surface area contributed by atoms with Crippen LogP contribution in [-0.2, 0) is 24.1 Å². The summed E-state index contributed by atoms with van der Waals surface area (Å²) in [6.07, 6.45) is 2.24. The topological polar surface area (TPSA) is 85.4 Å². The number of H-pyrrole nitrogens is 1. The minimum Gasteiger partial charge on any atom is -0.465 e. The second kappa shape index (κ2) is 9.53. The third-order valence-corrected chi connectivity index (χ3v) is 7.48. The monoisotopic (exact) mass is 481 g/mol. The Kier molecular flexibility index (Phi) is 6.27. The van der Waals surface area contributed by atoms with Crippen LogP contribution in [0.2, 0.25) is 0 Å². The lowest BCUT2D eigenvalue weighted by molar-refractivity contribution is -0.133. The number of amides is 2. The fraction of sp³-hybridized carbons (Fsp3) is 0.267. The SMILES string of the molecule is CC(NC(=O)C(C)(Cc1c[nH]c2ccccc12)N(C(=O)O)C1Cc2ccccc2C1)c1ccccc1. The molecule has 1 aliphatic carbocycles. The molecule has 4 aromatic rings. The Bertz CT molecular complexity index is 1370. The van der Waals surface area contributed by atoms with Gasteiger partial charge in [0.2, 0.25) is 5.91 Å². The van der Waals surface area contributed by atoms with Gasteiger partial charge >= 0.3 is 6.09 Å². The Morgan fingerprint density at radius 1 is 1.00 bits per heavy atom. The molecule has 0 saturated carbocycles. The molecular formula is C30H31N3O3. The van der Waals surface area contributed by atoms with Crippen LogP contribution in [0, 0.1) is 0 Å².